The van der Waals surface area contributed by atoms with E-state index >= 15 is 0 Å². The molecule has 0 bridgehead atoms. The van der Waals surface area contributed by atoms with Gasteiger partial charge < -0.3 is 10.0 Å². The Morgan fingerprint density at radius 2 is 2.25 bits per heavy atom. The lowest BCUT2D eigenvalue weighted by atomic mass is 10.1. The van der Waals surface area contributed by atoms with Crippen molar-refractivity contribution < 1.29 is 5.11 Å². The van der Waals surface area contributed by atoms with E-state index in [2.05, 4.69) is 23.7 Å². The van der Waals surface area contributed by atoms with Crippen LogP contribution in [0.25, 0.3) is 0 Å². The molecule has 1 aliphatic heterocycles. The maximum absolute atomic E-state index is 9.75. The first kappa shape index (κ1) is 11.4. The van der Waals surface area contributed by atoms with Gasteiger partial charge in [-0.15, -0.1) is 0 Å². The van der Waals surface area contributed by atoms with Crippen molar-refractivity contribution in [3.8, 4) is 0 Å². The number of aromatic nitrogens is 1. The fraction of sp³-hybridized carbons (Fsp3) is 0.615. The van der Waals surface area contributed by atoms with Gasteiger partial charge >= 0.3 is 0 Å². The number of anilines is 1. The van der Waals surface area contributed by atoms with Gasteiger partial charge in [0.15, 0.2) is 0 Å². The molecule has 3 heteroatoms. The van der Waals surface area contributed by atoms with Crippen LogP contribution in [-0.4, -0.2) is 22.7 Å². The van der Waals surface area contributed by atoms with Crippen molar-refractivity contribution in [2.45, 2.75) is 39.3 Å². The highest BCUT2D eigenvalue weighted by Crippen LogP contribution is 2.31. The highest BCUT2D eigenvalue weighted by Gasteiger charge is 2.29. The van der Waals surface area contributed by atoms with Gasteiger partial charge in [0, 0.05) is 24.3 Å². The molecular formula is C13H20N2O. The highest BCUT2D eigenvalue weighted by molar-refractivity contribution is 5.49. The van der Waals surface area contributed by atoms with Gasteiger partial charge in [0.05, 0.1) is 6.10 Å². The van der Waals surface area contributed by atoms with E-state index in [1.807, 2.05) is 12.1 Å². The summed E-state index contributed by atoms with van der Waals surface area (Å²) in [6.45, 7) is 7.33. The Bertz CT molecular complexity index is 365. The number of rotatable bonds is 2. The van der Waals surface area contributed by atoms with Crippen LogP contribution in [0.1, 0.15) is 38.9 Å². The molecule has 1 N–H and O–H groups in total. The van der Waals surface area contributed by atoms with E-state index in [-0.39, 0.29) is 0 Å². The van der Waals surface area contributed by atoms with Gasteiger partial charge in [-0.05, 0) is 32.3 Å². The molecule has 1 aromatic heterocycles. The largest absolute Gasteiger partial charge is 0.389 e. The predicted octanol–water partition coefficient (Wildman–Crippen LogP) is 2.37. The van der Waals surface area contributed by atoms with Crippen molar-refractivity contribution in [3.63, 3.8) is 0 Å². The van der Waals surface area contributed by atoms with Gasteiger partial charge in [-0.2, -0.15) is 0 Å². The average Bonchev–Trinajstić information content (AvgIpc) is 2.57. The molecular weight excluding hydrogens is 200 g/mol. The van der Waals surface area contributed by atoms with Crippen LogP contribution in [0.5, 0.6) is 0 Å². The second-order valence-electron chi connectivity index (χ2n) is 4.93. The fourth-order valence-corrected chi connectivity index (χ4v) is 2.57. The zero-order chi connectivity index (χ0) is 11.7. The SMILES string of the molecule is CC1CC(C)N(c2ncccc2[C@@H](C)O)C1. The van der Waals surface area contributed by atoms with Crippen LogP contribution in [0.3, 0.4) is 0 Å². The smallest absolute Gasteiger partial charge is 0.134 e. The summed E-state index contributed by atoms with van der Waals surface area (Å²) >= 11 is 0. The molecule has 3 atom stereocenters. The molecule has 16 heavy (non-hydrogen) atoms. The van der Waals surface area contributed by atoms with E-state index in [9.17, 15) is 5.11 Å². The van der Waals surface area contributed by atoms with E-state index in [0.29, 0.717) is 12.0 Å². The van der Waals surface area contributed by atoms with Crippen molar-refractivity contribution >= 4 is 5.82 Å². The molecule has 1 aliphatic rings. The van der Waals surface area contributed by atoms with Gasteiger partial charge in [-0.25, -0.2) is 4.98 Å². The molecule has 0 saturated carbocycles. The molecule has 0 aliphatic carbocycles. The monoisotopic (exact) mass is 220 g/mol. The summed E-state index contributed by atoms with van der Waals surface area (Å²) in [6.07, 6.45) is 2.55. The number of aliphatic hydroxyl groups excluding tert-OH is 1. The maximum Gasteiger partial charge on any atom is 0.134 e. The van der Waals surface area contributed by atoms with Crippen LogP contribution < -0.4 is 4.90 Å². The number of aliphatic hydroxyl groups is 1. The van der Waals surface area contributed by atoms with Crippen LogP contribution in [-0.2, 0) is 0 Å². The van der Waals surface area contributed by atoms with E-state index in [4.69, 9.17) is 0 Å². The zero-order valence-corrected chi connectivity index (χ0v) is 10.2. The predicted molar refractivity (Wildman–Crippen MR) is 65.5 cm³/mol. The minimum absolute atomic E-state index is 0.452. The Hall–Kier alpha value is -1.09. The lowest BCUT2D eigenvalue weighted by Crippen LogP contribution is -2.29. The van der Waals surface area contributed by atoms with Gasteiger partial charge in [-0.1, -0.05) is 13.0 Å². The summed E-state index contributed by atoms with van der Waals surface area (Å²) in [7, 11) is 0. The van der Waals surface area contributed by atoms with E-state index in [1.54, 1.807) is 13.1 Å². The molecule has 0 aromatic carbocycles. The third-order valence-electron chi connectivity index (χ3n) is 3.32. The first-order chi connectivity index (χ1) is 7.59. The van der Waals surface area contributed by atoms with Gasteiger partial charge in [0.2, 0.25) is 0 Å². The molecule has 2 unspecified atom stereocenters. The second kappa shape index (κ2) is 4.42. The molecule has 3 nitrogen and oxygen atoms in total. The van der Waals surface area contributed by atoms with Crippen LogP contribution in [0.2, 0.25) is 0 Å². The summed E-state index contributed by atoms with van der Waals surface area (Å²) in [5.41, 5.74) is 0.934. The maximum atomic E-state index is 9.75. The zero-order valence-electron chi connectivity index (χ0n) is 10.2. The van der Waals surface area contributed by atoms with E-state index < -0.39 is 6.10 Å². The Morgan fingerprint density at radius 1 is 1.50 bits per heavy atom. The molecule has 0 spiro atoms. The fourth-order valence-electron chi connectivity index (χ4n) is 2.57. The average molecular weight is 220 g/mol. The normalized spacial score (nSPS) is 27.1. The van der Waals surface area contributed by atoms with Gasteiger partial charge in [0.1, 0.15) is 5.82 Å². The lowest BCUT2D eigenvalue weighted by Gasteiger charge is -2.25. The first-order valence-electron chi connectivity index (χ1n) is 5.99. The van der Waals surface area contributed by atoms with Crippen LogP contribution in [0.15, 0.2) is 18.3 Å². The van der Waals surface area contributed by atoms with Crippen molar-refractivity contribution in [3.05, 3.63) is 23.9 Å². The molecule has 1 fully saturated rings. The number of nitrogens with zero attached hydrogens (tertiary/aromatic N) is 2. The summed E-state index contributed by atoms with van der Waals surface area (Å²) in [5, 5.41) is 9.75. The van der Waals surface area contributed by atoms with Crippen molar-refractivity contribution in [1.29, 1.82) is 0 Å². The molecule has 2 heterocycles. The van der Waals surface area contributed by atoms with Crippen molar-refractivity contribution in [1.82, 2.24) is 4.98 Å². The Labute approximate surface area is 97.1 Å². The minimum Gasteiger partial charge on any atom is -0.389 e. The van der Waals surface area contributed by atoms with Crippen LogP contribution >= 0.6 is 0 Å². The molecule has 88 valence electrons. The summed E-state index contributed by atoms with van der Waals surface area (Å²) in [4.78, 5) is 6.74. The minimum atomic E-state index is -0.452. The van der Waals surface area contributed by atoms with Crippen molar-refractivity contribution in [2.75, 3.05) is 11.4 Å². The van der Waals surface area contributed by atoms with Crippen LogP contribution in [0, 0.1) is 5.92 Å². The number of hydrogen-bond acceptors (Lipinski definition) is 3. The van der Waals surface area contributed by atoms with E-state index in [1.165, 1.54) is 6.42 Å². The van der Waals surface area contributed by atoms with Gasteiger partial charge in [0.25, 0.3) is 0 Å². The van der Waals surface area contributed by atoms with Crippen LogP contribution in [0.4, 0.5) is 5.82 Å². The molecule has 2 rings (SSSR count). The summed E-state index contributed by atoms with van der Waals surface area (Å²) < 4.78 is 0. The third-order valence-corrected chi connectivity index (χ3v) is 3.32. The number of hydrogen-bond donors (Lipinski definition) is 1. The number of pyridine rings is 1. The molecule has 0 amide bonds. The second-order valence-corrected chi connectivity index (χ2v) is 4.93. The van der Waals surface area contributed by atoms with Crippen molar-refractivity contribution in [2.24, 2.45) is 5.92 Å². The summed E-state index contributed by atoms with van der Waals surface area (Å²) in [6, 6.07) is 4.36. The Balaban J connectivity index is 2.33. The molecule has 0 radical (unpaired) electrons. The Kier molecular flexibility index (Phi) is 3.15. The first-order valence-corrected chi connectivity index (χ1v) is 5.99. The quantitative estimate of drug-likeness (QED) is 0.831. The summed E-state index contributed by atoms with van der Waals surface area (Å²) in [5.74, 6) is 1.66. The standard InChI is InChI=1S/C13H20N2O/c1-9-7-10(2)15(8-9)13-12(11(3)16)5-4-6-14-13/h4-6,9-11,16H,7-8H2,1-3H3/t9?,10?,11-/m1/s1. The molecule has 1 saturated heterocycles. The topological polar surface area (TPSA) is 36.4 Å². The highest BCUT2D eigenvalue weighted by atomic mass is 16.3. The van der Waals surface area contributed by atoms with E-state index in [0.717, 1.165) is 17.9 Å². The molecule has 1 aromatic rings. The Morgan fingerprint density at radius 3 is 2.81 bits per heavy atom. The lowest BCUT2D eigenvalue weighted by molar-refractivity contribution is 0.199. The van der Waals surface area contributed by atoms with Gasteiger partial charge in [-0.3, -0.25) is 0 Å². The third kappa shape index (κ3) is 2.05.